The third kappa shape index (κ3) is 6.05. The van der Waals surface area contributed by atoms with Gasteiger partial charge in [-0.3, -0.25) is 0 Å². The summed E-state index contributed by atoms with van der Waals surface area (Å²) in [4.78, 5) is 15.7. The lowest BCUT2D eigenvalue weighted by Gasteiger charge is -2.36. The summed E-state index contributed by atoms with van der Waals surface area (Å²) in [6.45, 7) is 11.7. The van der Waals surface area contributed by atoms with E-state index in [2.05, 4.69) is 43.9 Å². The molecule has 33 heavy (non-hydrogen) atoms. The van der Waals surface area contributed by atoms with Gasteiger partial charge in [0.25, 0.3) is 0 Å². The molecule has 0 aliphatic heterocycles. The lowest BCUT2D eigenvalue weighted by atomic mass is 10.2. The van der Waals surface area contributed by atoms with Crippen molar-refractivity contribution in [3.63, 3.8) is 0 Å². The SMILES string of the molecule is CC(C)(C)[Si](C)(C)OCCc1cnn(-c2cc(C(=O)O)ccn2)c1OCc1ccc(F)cc1. The van der Waals surface area contributed by atoms with Gasteiger partial charge in [0.1, 0.15) is 12.4 Å². The molecule has 0 fully saturated rings. The number of hydrogen-bond acceptors (Lipinski definition) is 5. The van der Waals surface area contributed by atoms with Gasteiger partial charge in [0.05, 0.1) is 11.8 Å². The van der Waals surface area contributed by atoms with Gasteiger partial charge in [0.2, 0.25) is 5.88 Å². The molecule has 0 bridgehead atoms. The van der Waals surface area contributed by atoms with Crippen LogP contribution < -0.4 is 4.74 Å². The second-order valence-electron chi connectivity index (χ2n) is 9.37. The van der Waals surface area contributed by atoms with E-state index in [1.807, 2.05) is 0 Å². The van der Waals surface area contributed by atoms with E-state index in [9.17, 15) is 14.3 Å². The number of rotatable bonds is 9. The van der Waals surface area contributed by atoms with Crippen molar-refractivity contribution in [1.82, 2.24) is 14.8 Å². The van der Waals surface area contributed by atoms with Crippen LogP contribution in [0.1, 0.15) is 42.3 Å². The largest absolute Gasteiger partial charge is 0.478 e. The summed E-state index contributed by atoms with van der Waals surface area (Å²) >= 11 is 0. The van der Waals surface area contributed by atoms with Gasteiger partial charge in [-0.15, -0.1) is 0 Å². The maximum atomic E-state index is 13.3. The Morgan fingerprint density at radius 1 is 1.18 bits per heavy atom. The van der Waals surface area contributed by atoms with Gasteiger partial charge in [-0.2, -0.15) is 9.78 Å². The van der Waals surface area contributed by atoms with Crippen LogP contribution in [-0.2, 0) is 17.5 Å². The number of nitrogens with zero attached hydrogens (tertiary/aromatic N) is 3. The number of carboxylic acid groups (broad SMARTS) is 1. The Hall–Kier alpha value is -3.04. The molecule has 1 N–H and O–H groups in total. The van der Waals surface area contributed by atoms with Crippen molar-refractivity contribution >= 4 is 14.3 Å². The molecule has 0 atom stereocenters. The van der Waals surface area contributed by atoms with Crippen molar-refractivity contribution < 1.29 is 23.5 Å². The predicted octanol–water partition coefficient (Wildman–Crippen LogP) is 5.25. The first kappa shape index (κ1) is 24.6. The Kier molecular flexibility index (Phi) is 7.33. The highest BCUT2D eigenvalue weighted by Gasteiger charge is 2.37. The van der Waals surface area contributed by atoms with Crippen LogP contribution in [0.3, 0.4) is 0 Å². The van der Waals surface area contributed by atoms with Crippen LogP contribution in [-0.4, -0.2) is 40.8 Å². The molecule has 0 unspecified atom stereocenters. The molecule has 0 amide bonds. The van der Waals surface area contributed by atoms with Gasteiger partial charge in [0.15, 0.2) is 14.1 Å². The number of ether oxygens (including phenoxy) is 1. The molecule has 9 heteroatoms. The highest BCUT2D eigenvalue weighted by Crippen LogP contribution is 2.36. The molecule has 3 rings (SSSR count). The second-order valence-corrected chi connectivity index (χ2v) is 14.2. The Morgan fingerprint density at radius 2 is 1.88 bits per heavy atom. The molecular weight excluding hydrogens is 441 g/mol. The Balaban J connectivity index is 1.86. The number of carbonyl (C=O) groups is 1. The van der Waals surface area contributed by atoms with Gasteiger partial charge >= 0.3 is 5.97 Å². The minimum absolute atomic E-state index is 0.0975. The number of halogens is 1. The van der Waals surface area contributed by atoms with Crippen LogP contribution in [0.25, 0.3) is 5.82 Å². The van der Waals surface area contributed by atoms with E-state index < -0.39 is 14.3 Å². The fourth-order valence-corrected chi connectivity index (χ4v) is 3.94. The number of benzene rings is 1. The standard InChI is InChI=1S/C24H30FN3O4Si/c1-24(2,3)33(4,5)32-13-11-19-15-27-28(21-14-18(23(29)30)10-12-26-21)22(19)31-16-17-6-8-20(25)9-7-17/h6-10,12,14-15H,11,13,16H2,1-5H3,(H,29,30). The maximum absolute atomic E-state index is 13.3. The molecular formula is C24H30FN3O4Si. The molecule has 176 valence electrons. The van der Waals surface area contributed by atoms with Gasteiger partial charge in [0, 0.05) is 24.8 Å². The smallest absolute Gasteiger partial charge is 0.335 e. The number of hydrogen-bond donors (Lipinski definition) is 1. The molecule has 0 aliphatic rings. The molecule has 0 aliphatic carbocycles. The average Bonchev–Trinajstić information content (AvgIpc) is 3.15. The van der Waals surface area contributed by atoms with Crippen LogP contribution >= 0.6 is 0 Å². The van der Waals surface area contributed by atoms with Crippen molar-refractivity contribution in [2.45, 2.75) is 51.9 Å². The Bertz CT molecular complexity index is 1110. The highest BCUT2D eigenvalue weighted by molar-refractivity contribution is 6.74. The third-order valence-corrected chi connectivity index (χ3v) is 10.5. The van der Waals surface area contributed by atoms with Crippen LogP contribution in [0.5, 0.6) is 5.88 Å². The summed E-state index contributed by atoms with van der Waals surface area (Å²) in [5.41, 5.74) is 1.71. The summed E-state index contributed by atoms with van der Waals surface area (Å²) < 4.78 is 27.1. The second kappa shape index (κ2) is 9.84. The van der Waals surface area contributed by atoms with E-state index in [1.54, 1.807) is 18.3 Å². The normalized spacial score (nSPS) is 12.1. The van der Waals surface area contributed by atoms with E-state index in [0.29, 0.717) is 24.7 Å². The van der Waals surface area contributed by atoms with E-state index in [1.165, 1.54) is 35.1 Å². The van der Waals surface area contributed by atoms with E-state index >= 15 is 0 Å². The highest BCUT2D eigenvalue weighted by atomic mass is 28.4. The third-order valence-electron chi connectivity index (χ3n) is 5.93. The summed E-state index contributed by atoms with van der Waals surface area (Å²) in [6.07, 6.45) is 3.68. The summed E-state index contributed by atoms with van der Waals surface area (Å²) in [6, 6.07) is 8.92. The topological polar surface area (TPSA) is 86.5 Å². The Labute approximate surface area is 194 Å². The monoisotopic (exact) mass is 471 g/mol. The molecule has 2 heterocycles. The van der Waals surface area contributed by atoms with Crippen LogP contribution in [0.4, 0.5) is 4.39 Å². The first-order chi connectivity index (χ1) is 15.5. The van der Waals surface area contributed by atoms with Crippen molar-refractivity contribution in [3.05, 3.63) is 71.3 Å². The zero-order valence-electron chi connectivity index (χ0n) is 19.6. The van der Waals surface area contributed by atoms with Crippen molar-refractivity contribution in [2.24, 2.45) is 0 Å². The van der Waals surface area contributed by atoms with Crippen molar-refractivity contribution in [1.29, 1.82) is 0 Å². The summed E-state index contributed by atoms with van der Waals surface area (Å²) in [7, 11) is -1.91. The molecule has 7 nitrogen and oxygen atoms in total. The first-order valence-corrected chi connectivity index (χ1v) is 13.7. The molecule has 3 aromatic rings. The molecule has 2 aromatic heterocycles. The quantitative estimate of drug-likeness (QED) is 0.429. The minimum Gasteiger partial charge on any atom is -0.478 e. The van der Waals surface area contributed by atoms with Crippen LogP contribution in [0, 0.1) is 5.82 Å². The number of aromatic carboxylic acids is 1. The molecule has 0 saturated heterocycles. The molecule has 0 saturated carbocycles. The van der Waals surface area contributed by atoms with E-state index in [0.717, 1.165) is 11.1 Å². The zero-order valence-corrected chi connectivity index (χ0v) is 20.6. The van der Waals surface area contributed by atoms with E-state index in [-0.39, 0.29) is 23.0 Å². The van der Waals surface area contributed by atoms with Crippen molar-refractivity contribution in [2.75, 3.05) is 6.61 Å². The Morgan fingerprint density at radius 3 is 2.52 bits per heavy atom. The predicted molar refractivity (Wildman–Crippen MR) is 126 cm³/mol. The summed E-state index contributed by atoms with van der Waals surface area (Å²) in [5, 5.41) is 13.8. The average molecular weight is 472 g/mol. The lowest BCUT2D eigenvalue weighted by molar-refractivity contribution is 0.0696. The lowest BCUT2D eigenvalue weighted by Crippen LogP contribution is -2.41. The number of pyridine rings is 1. The fourth-order valence-electron chi connectivity index (χ4n) is 2.89. The summed E-state index contributed by atoms with van der Waals surface area (Å²) in [5.74, 6) is -0.585. The van der Waals surface area contributed by atoms with Gasteiger partial charge in [-0.1, -0.05) is 32.9 Å². The van der Waals surface area contributed by atoms with Crippen LogP contribution in [0.2, 0.25) is 18.1 Å². The first-order valence-electron chi connectivity index (χ1n) is 10.8. The van der Waals surface area contributed by atoms with Gasteiger partial charge < -0.3 is 14.3 Å². The molecule has 0 spiro atoms. The maximum Gasteiger partial charge on any atom is 0.335 e. The van der Waals surface area contributed by atoms with Gasteiger partial charge in [-0.25, -0.2) is 14.2 Å². The van der Waals surface area contributed by atoms with Gasteiger partial charge in [-0.05, 0) is 48.0 Å². The zero-order chi connectivity index (χ0) is 24.2. The van der Waals surface area contributed by atoms with E-state index in [4.69, 9.17) is 9.16 Å². The molecule has 0 radical (unpaired) electrons. The van der Waals surface area contributed by atoms with Crippen molar-refractivity contribution in [3.8, 4) is 11.7 Å². The number of aromatic nitrogens is 3. The molecule has 1 aromatic carbocycles. The fraction of sp³-hybridized carbons (Fsp3) is 0.375. The minimum atomic E-state index is -1.91. The van der Waals surface area contributed by atoms with Crippen LogP contribution in [0.15, 0.2) is 48.8 Å². The number of carboxylic acids is 1.